The molecule has 0 spiro atoms. The molecule has 0 bridgehead atoms. The highest BCUT2D eigenvalue weighted by atomic mass is 15.3. The van der Waals surface area contributed by atoms with Crippen molar-refractivity contribution in [1.82, 2.24) is 20.1 Å². The molecule has 2 aromatic rings. The molecule has 0 saturated heterocycles. The van der Waals surface area contributed by atoms with Crippen molar-refractivity contribution in [2.75, 3.05) is 6.54 Å². The SMILES string of the molecule is Cc1ccc(Cn2cnc(CNCC(C)C)n2)cc1. The molecule has 2 rings (SSSR count). The van der Waals surface area contributed by atoms with Gasteiger partial charge in [0.1, 0.15) is 6.33 Å². The Bertz CT molecular complexity index is 499. The van der Waals surface area contributed by atoms with E-state index in [1.165, 1.54) is 11.1 Å². The Morgan fingerprint density at radius 2 is 1.95 bits per heavy atom. The highest BCUT2D eigenvalue weighted by Crippen LogP contribution is 2.04. The van der Waals surface area contributed by atoms with Gasteiger partial charge < -0.3 is 5.32 Å². The van der Waals surface area contributed by atoms with Crippen molar-refractivity contribution in [3.05, 3.63) is 47.5 Å². The lowest BCUT2D eigenvalue weighted by Crippen LogP contribution is -2.19. The van der Waals surface area contributed by atoms with E-state index in [-0.39, 0.29) is 0 Å². The minimum atomic E-state index is 0.648. The number of hydrogen-bond donors (Lipinski definition) is 1. The molecule has 0 fully saturated rings. The Kier molecular flexibility index (Phi) is 4.68. The molecule has 4 nitrogen and oxygen atoms in total. The maximum atomic E-state index is 4.47. The lowest BCUT2D eigenvalue weighted by Gasteiger charge is -2.04. The molecule has 0 aliphatic heterocycles. The summed E-state index contributed by atoms with van der Waals surface area (Å²) in [6.45, 7) is 8.98. The van der Waals surface area contributed by atoms with Crippen LogP contribution < -0.4 is 5.32 Å². The quantitative estimate of drug-likeness (QED) is 0.865. The summed E-state index contributed by atoms with van der Waals surface area (Å²) in [5, 5.41) is 7.82. The van der Waals surface area contributed by atoms with Crippen LogP contribution in [-0.4, -0.2) is 21.3 Å². The van der Waals surface area contributed by atoms with Gasteiger partial charge in [-0.05, 0) is 24.9 Å². The maximum absolute atomic E-state index is 4.47. The van der Waals surface area contributed by atoms with Gasteiger partial charge in [0.05, 0.1) is 13.1 Å². The van der Waals surface area contributed by atoms with Crippen LogP contribution in [0.5, 0.6) is 0 Å². The standard InChI is InChI=1S/C15H22N4/c1-12(2)8-16-9-15-17-11-19(18-15)10-14-6-4-13(3)5-7-14/h4-7,11-12,16H,8-10H2,1-3H3. The Labute approximate surface area is 114 Å². The molecular formula is C15H22N4. The van der Waals surface area contributed by atoms with Crippen LogP contribution >= 0.6 is 0 Å². The average molecular weight is 258 g/mol. The van der Waals surface area contributed by atoms with Crippen LogP contribution in [0.4, 0.5) is 0 Å². The summed E-state index contributed by atoms with van der Waals surface area (Å²) in [5.41, 5.74) is 2.53. The zero-order chi connectivity index (χ0) is 13.7. The highest BCUT2D eigenvalue weighted by Gasteiger charge is 2.02. The van der Waals surface area contributed by atoms with Crippen molar-refractivity contribution < 1.29 is 0 Å². The van der Waals surface area contributed by atoms with Crippen molar-refractivity contribution in [3.8, 4) is 0 Å². The molecule has 0 radical (unpaired) electrons. The molecule has 19 heavy (non-hydrogen) atoms. The summed E-state index contributed by atoms with van der Waals surface area (Å²) in [6, 6.07) is 8.51. The van der Waals surface area contributed by atoms with Crippen LogP contribution in [0.3, 0.4) is 0 Å². The fourth-order valence-electron chi connectivity index (χ4n) is 1.84. The molecule has 0 aliphatic rings. The molecule has 0 unspecified atom stereocenters. The van der Waals surface area contributed by atoms with Gasteiger partial charge in [0.15, 0.2) is 5.82 Å². The van der Waals surface area contributed by atoms with E-state index in [0.29, 0.717) is 5.92 Å². The van der Waals surface area contributed by atoms with E-state index in [1.807, 2.05) is 4.68 Å². The monoisotopic (exact) mass is 258 g/mol. The van der Waals surface area contributed by atoms with Crippen LogP contribution in [0.2, 0.25) is 0 Å². The van der Waals surface area contributed by atoms with Gasteiger partial charge in [-0.3, -0.25) is 0 Å². The van der Waals surface area contributed by atoms with E-state index in [1.54, 1.807) is 6.33 Å². The van der Waals surface area contributed by atoms with Gasteiger partial charge in [0.25, 0.3) is 0 Å². The molecule has 1 N–H and O–H groups in total. The zero-order valence-electron chi connectivity index (χ0n) is 11.9. The molecule has 1 aromatic heterocycles. The van der Waals surface area contributed by atoms with Crippen LogP contribution in [0.1, 0.15) is 30.8 Å². The van der Waals surface area contributed by atoms with Crippen LogP contribution in [0.25, 0.3) is 0 Å². The van der Waals surface area contributed by atoms with Crippen molar-refractivity contribution in [2.24, 2.45) is 5.92 Å². The predicted molar refractivity (Wildman–Crippen MR) is 76.8 cm³/mol. The normalized spacial score (nSPS) is 11.2. The second kappa shape index (κ2) is 6.48. The second-order valence-corrected chi connectivity index (χ2v) is 5.37. The van der Waals surface area contributed by atoms with Crippen LogP contribution in [-0.2, 0) is 13.1 Å². The first kappa shape index (κ1) is 13.7. The van der Waals surface area contributed by atoms with E-state index in [0.717, 1.165) is 25.5 Å². The van der Waals surface area contributed by atoms with E-state index < -0.39 is 0 Å². The third-order valence-electron chi connectivity index (χ3n) is 2.88. The number of nitrogens with one attached hydrogen (secondary N) is 1. The van der Waals surface area contributed by atoms with Crippen molar-refractivity contribution in [3.63, 3.8) is 0 Å². The van der Waals surface area contributed by atoms with Crippen LogP contribution in [0, 0.1) is 12.8 Å². The number of aromatic nitrogens is 3. The largest absolute Gasteiger partial charge is 0.310 e. The number of rotatable bonds is 6. The minimum absolute atomic E-state index is 0.648. The van der Waals surface area contributed by atoms with E-state index >= 15 is 0 Å². The van der Waals surface area contributed by atoms with Gasteiger partial charge in [0, 0.05) is 0 Å². The minimum Gasteiger partial charge on any atom is -0.310 e. The van der Waals surface area contributed by atoms with Crippen molar-refractivity contribution in [2.45, 2.75) is 33.9 Å². The molecule has 0 saturated carbocycles. The Morgan fingerprint density at radius 1 is 1.21 bits per heavy atom. The summed E-state index contributed by atoms with van der Waals surface area (Å²) in [5.74, 6) is 1.50. The second-order valence-electron chi connectivity index (χ2n) is 5.37. The fourth-order valence-corrected chi connectivity index (χ4v) is 1.84. The smallest absolute Gasteiger partial charge is 0.164 e. The van der Waals surface area contributed by atoms with Gasteiger partial charge in [-0.15, -0.1) is 0 Å². The number of benzene rings is 1. The number of aryl methyl sites for hydroxylation is 1. The Balaban J connectivity index is 1.88. The highest BCUT2D eigenvalue weighted by molar-refractivity contribution is 5.21. The molecular weight excluding hydrogens is 236 g/mol. The number of hydrogen-bond acceptors (Lipinski definition) is 3. The molecule has 4 heteroatoms. The van der Waals surface area contributed by atoms with E-state index in [2.05, 4.69) is 60.4 Å². The first-order chi connectivity index (χ1) is 9.13. The van der Waals surface area contributed by atoms with Crippen molar-refractivity contribution in [1.29, 1.82) is 0 Å². The summed E-state index contributed by atoms with van der Waals surface area (Å²) in [4.78, 5) is 4.32. The third kappa shape index (κ3) is 4.48. The first-order valence-corrected chi connectivity index (χ1v) is 6.78. The third-order valence-corrected chi connectivity index (χ3v) is 2.88. The topological polar surface area (TPSA) is 42.7 Å². The molecule has 0 aliphatic carbocycles. The molecule has 0 atom stereocenters. The average Bonchev–Trinajstić information content (AvgIpc) is 2.79. The predicted octanol–water partition coefficient (Wildman–Crippen LogP) is 2.38. The lowest BCUT2D eigenvalue weighted by molar-refractivity contribution is 0.539. The molecule has 1 heterocycles. The summed E-state index contributed by atoms with van der Waals surface area (Å²) in [7, 11) is 0. The van der Waals surface area contributed by atoms with Gasteiger partial charge in [0.2, 0.25) is 0 Å². The lowest BCUT2D eigenvalue weighted by atomic mass is 10.1. The summed E-state index contributed by atoms with van der Waals surface area (Å²) in [6.07, 6.45) is 1.80. The fraction of sp³-hybridized carbons (Fsp3) is 0.467. The zero-order valence-corrected chi connectivity index (χ0v) is 11.9. The molecule has 0 amide bonds. The Hall–Kier alpha value is -1.68. The molecule has 102 valence electrons. The van der Waals surface area contributed by atoms with E-state index in [9.17, 15) is 0 Å². The van der Waals surface area contributed by atoms with Gasteiger partial charge in [-0.2, -0.15) is 5.10 Å². The summed E-state index contributed by atoms with van der Waals surface area (Å²) >= 11 is 0. The Morgan fingerprint density at radius 3 is 2.63 bits per heavy atom. The van der Waals surface area contributed by atoms with Crippen molar-refractivity contribution >= 4 is 0 Å². The van der Waals surface area contributed by atoms with Gasteiger partial charge in [-0.25, -0.2) is 9.67 Å². The maximum Gasteiger partial charge on any atom is 0.164 e. The first-order valence-electron chi connectivity index (χ1n) is 6.78. The van der Waals surface area contributed by atoms with Gasteiger partial charge >= 0.3 is 0 Å². The molecule has 1 aromatic carbocycles. The van der Waals surface area contributed by atoms with E-state index in [4.69, 9.17) is 0 Å². The van der Waals surface area contributed by atoms with Gasteiger partial charge in [-0.1, -0.05) is 43.7 Å². The van der Waals surface area contributed by atoms with Crippen LogP contribution in [0.15, 0.2) is 30.6 Å². The number of nitrogens with zero attached hydrogens (tertiary/aromatic N) is 3. The summed E-state index contributed by atoms with van der Waals surface area (Å²) < 4.78 is 1.89.